The third-order valence-corrected chi connectivity index (χ3v) is 4.56. The number of rotatable bonds is 5. The molecule has 0 amide bonds. The highest BCUT2D eigenvalue weighted by molar-refractivity contribution is 9.10. The number of hydrogen-bond acceptors (Lipinski definition) is 4. The van der Waals surface area contributed by atoms with E-state index in [9.17, 15) is 0 Å². The van der Waals surface area contributed by atoms with Crippen molar-refractivity contribution in [3.63, 3.8) is 0 Å². The Labute approximate surface area is 146 Å². The maximum absolute atomic E-state index is 8.24. The van der Waals surface area contributed by atoms with E-state index < -0.39 is 18.2 Å². The van der Waals surface area contributed by atoms with Crippen molar-refractivity contribution in [2.75, 3.05) is 6.58 Å². The summed E-state index contributed by atoms with van der Waals surface area (Å²) < 4.78 is 14.8. The number of fused-ring (bicyclic) bond motifs is 1. The van der Waals surface area contributed by atoms with Crippen LogP contribution >= 0.6 is 15.9 Å². The van der Waals surface area contributed by atoms with Gasteiger partial charge in [0, 0.05) is 17.3 Å². The van der Waals surface area contributed by atoms with E-state index in [2.05, 4.69) is 20.9 Å². The fraction of sp³-hybridized carbons (Fsp3) is 0.278. The molecule has 3 rings (SSSR count). The van der Waals surface area contributed by atoms with Gasteiger partial charge < -0.3 is 16.2 Å². The molecule has 120 valence electrons. The lowest BCUT2D eigenvalue weighted by Gasteiger charge is -2.37. The highest BCUT2D eigenvalue weighted by Gasteiger charge is 2.37. The summed E-state index contributed by atoms with van der Waals surface area (Å²) in [5.74, 6) is 0. The molecule has 4 nitrogen and oxygen atoms in total. The zero-order chi connectivity index (χ0) is 17.2. The van der Waals surface area contributed by atoms with E-state index >= 15 is 0 Å². The van der Waals surface area contributed by atoms with Crippen molar-refractivity contribution in [3.8, 4) is 0 Å². The van der Waals surface area contributed by atoms with E-state index in [1.165, 1.54) is 0 Å². The maximum Gasteiger partial charge on any atom is 0.0716 e. The van der Waals surface area contributed by atoms with Gasteiger partial charge >= 0.3 is 0 Å². The summed E-state index contributed by atoms with van der Waals surface area (Å²) in [7, 11) is 0. The molecule has 1 aliphatic heterocycles. The third kappa shape index (κ3) is 3.53. The number of hydrogen-bond donors (Lipinski definition) is 2. The molecular formula is C18H20BrN3O. The van der Waals surface area contributed by atoms with Gasteiger partial charge in [0.1, 0.15) is 0 Å². The minimum Gasteiger partial charge on any atom is -0.377 e. The van der Waals surface area contributed by atoms with Gasteiger partial charge in [0.05, 0.1) is 25.2 Å². The van der Waals surface area contributed by atoms with Crippen LogP contribution in [0.3, 0.4) is 0 Å². The molecule has 5 heteroatoms. The topological polar surface area (TPSA) is 73.6 Å². The van der Waals surface area contributed by atoms with E-state index in [0.717, 1.165) is 21.3 Å². The first-order valence-electron chi connectivity index (χ1n) is 8.03. The molecule has 0 fully saturated rings. The largest absolute Gasteiger partial charge is 0.377 e. The molecule has 0 spiro atoms. The molecule has 3 atom stereocenters. The third-order valence-electron chi connectivity index (χ3n) is 4.06. The zero-order valence-corrected chi connectivity index (χ0v) is 14.2. The second-order valence-electron chi connectivity index (χ2n) is 5.67. The van der Waals surface area contributed by atoms with Gasteiger partial charge in [-0.05, 0) is 29.7 Å². The zero-order valence-electron chi connectivity index (χ0n) is 13.7. The molecule has 1 heterocycles. The van der Waals surface area contributed by atoms with Crippen LogP contribution in [-0.2, 0) is 16.9 Å². The van der Waals surface area contributed by atoms with Gasteiger partial charge in [0.15, 0.2) is 0 Å². The van der Waals surface area contributed by atoms with Crippen molar-refractivity contribution in [2.24, 2.45) is 16.5 Å². The Morgan fingerprint density at radius 2 is 2.04 bits per heavy atom. The van der Waals surface area contributed by atoms with Gasteiger partial charge in [-0.2, -0.15) is 0 Å². The summed E-state index contributed by atoms with van der Waals surface area (Å²) in [5, 5.41) is 0. The lowest BCUT2D eigenvalue weighted by molar-refractivity contribution is 0.0999. The molecule has 2 aromatic carbocycles. The summed E-state index contributed by atoms with van der Waals surface area (Å²) in [6.07, 6.45) is 1.94. The van der Waals surface area contributed by atoms with Crippen LogP contribution in [0.1, 0.15) is 18.9 Å². The lowest BCUT2D eigenvalue weighted by Crippen LogP contribution is -2.55. The molecule has 0 radical (unpaired) electrons. The minimum atomic E-state index is -0.874. The van der Waals surface area contributed by atoms with Crippen LogP contribution in [0.15, 0.2) is 58.0 Å². The van der Waals surface area contributed by atoms with Crippen LogP contribution in [0.5, 0.6) is 0 Å². The predicted octanol–water partition coefficient (Wildman–Crippen LogP) is 3.25. The number of benzene rings is 2. The number of aliphatic imine (C=N–C) groups is 1. The highest BCUT2D eigenvalue weighted by atomic mass is 79.9. The Morgan fingerprint density at radius 1 is 1.26 bits per heavy atom. The van der Waals surface area contributed by atoms with Gasteiger partial charge in [-0.15, -0.1) is 0 Å². The molecule has 0 aliphatic carbocycles. The highest BCUT2D eigenvalue weighted by Crippen LogP contribution is 2.37. The second kappa shape index (κ2) is 6.93. The van der Waals surface area contributed by atoms with E-state index in [1.807, 2.05) is 48.5 Å². The molecule has 0 saturated heterocycles. The Bertz CT molecular complexity index is 740. The van der Waals surface area contributed by atoms with Gasteiger partial charge in [-0.3, -0.25) is 4.99 Å². The molecule has 2 aromatic rings. The molecule has 23 heavy (non-hydrogen) atoms. The van der Waals surface area contributed by atoms with Crippen LogP contribution < -0.4 is 11.5 Å². The fourth-order valence-electron chi connectivity index (χ4n) is 2.65. The van der Waals surface area contributed by atoms with E-state index in [0.29, 0.717) is 13.0 Å². The van der Waals surface area contributed by atoms with Crippen LogP contribution in [0.2, 0.25) is 0 Å². The van der Waals surface area contributed by atoms with Crippen molar-refractivity contribution in [1.82, 2.24) is 0 Å². The van der Waals surface area contributed by atoms with Gasteiger partial charge in [-0.1, -0.05) is 52.3 Å². The molecule has 0 bridgehead atoms. The second-order valence-corrected chi connectivity index (χ2v) is 6.59. The average Bonchev–Trinajstić information content (AvgIpc) is 2.57. The van der Waals surface area contributed by atoms with Crippen molar-refractivity contribution in [3.05, 3.63) is 64.1 Å². The SMILES string of the molecule is [2H]C(CC1(N)c2ccc(Br)cc2N=CC1N)OCc1ccccc1. The Morgan fingerprint density at radius 3 is 2.83 bits per heavy atom. The Kier molecular flexibility index (Phi) is 4.52. The first-order valence-corrected chi connectivity index (χ1v) is 8.25. The van der Waals surface area contributed by atoms with E-state index in [1.54, 1.807) is 6.21 Å². The first-order chi connectivity index (χ1) is 11.5. The summed E-state index contributed by atoms with van der Waals surface area (Å²) in [6.45, 7) is -0.397. The molecular weight excluding hydrogens is 354 g/mol. The smallest absolute Gasteiger partial charge is 0.0716 e. The number of nitrogens with two attached hydrogens (primary N) is 2. The van der Waals surface area contributed by atoms with Crippen LogP contribution in [0, 0.1) is 0 Å². The summed E-state index contributed by atoms with van der Waals surface area (Å²) in [5.41, 5.74) is 14.6. The Balaban J connectivity index is 1.74. The van der Waals surface area contributed by atoms with E-state index in [4.69, 9.17) is 17.6 Å². The number of ether oxygens (including phenoxy) is 1. The van der Waals surface area contributed by atoms with Gasteiger partial charge in [-0.25, -0.2) is 0 Å². The molecule has 4 N–H and O–H groups in total. The predicted molar refractivity (Wildman–Crippen MR) is 96.8 cm³/mol. The monoisotopic (exact) mass is 374 g/mol. The van der Waals surface area contributed by atoms with Crippen LogP contribution in [0.4, 0.5) is 5.69 Å². The first kappa shape index (κ1) is 15.0. The number of halogens is 1. The summed E-state index contributed by atoms with van der Waals surface area (Å²) in [6, 6.07) is 15.1. The van der Waals surface area contributed by atoms with Gasteiger partial charge in [0.25, 0.3) is 0 Å². The molecule has 0 saturated carbocycles. The van der Waals surface area contributed by atoms with Crippen molar-refractivity contribution < 1.29 is 6.11 Å². The molecule has 3 unspecified atom stereocenters. The standard InChI is InChI=1S/C18H20BrN3O/c19-14-6-7-15-16(10-14)22-11-17(20)18(15,21)8-9-23-12-13-4-2-1-3-5-13/h1-7,10-11,17H,8-9,12,20-21H2/i9D. The van der Waals surface area contributed by atoms with Crippen LogP contribution in [0.25, 0.3) is 0 Å². The van der Waals surface area contributed by atoms with Crippen molar-refractivity contribution in [2.45, 2.75) is 24.6 Å². The van der Waals surface area contributed by atoms with Gasteiger partial charge in [0.2, 0.25) is 0 Å². The normalized spacial score (nSPS) is 24.8. The number of nitrogens with zero attached hydrogens (tertiary/aromatic N) is 1. The quantitative estimate of drug-likeness (QED) is 0.843. The van der Waals surface area contributed by atoms with Crippen LogP contribution in [-0.4, -0.2) is 18.8 Å². The van der Waals surface area contributed by atoms with Crippen molar-refractivity contribution in [1.29, 1.82) is 0 Å². The summed E-state index contributed by atoms with van der Waals surface area (Å²) in [4.78, 5) is 4.37. The molecule has 0 aromatic heterocycles. The minimum absolute atomic E-state index is 0.293. The fourth-order valence-corrected chi connectivity index (χ4v) is 3.00. The lowest BCUT2D eigenvalue weighted by atomic mass is 9.79. The maximum atomic E-state index is 8.24. The van der Waals surface area contributed by atoms with Crippen molar-refractivity contribution >= 4 is 27.8 Å². The average molecular weight is 375 g/mol. The van der Waals surface area contributed by atoms with E-state index in [-0.39, 0.29) is 0 Å². The summed E-state index contributed by atoms with van der Waals surface area (Å²) >= 11 is 3.44. The Hall–Kier alpha value is -1.53. The molecule has 1 aliphatic rings.